The average Bonchev–Trinajstić information content (AvgIpc) is 2.38. The summed E-state index contributed by atoms with van der Waals surface area (Å²) < 4.78 is 18.2. The van der Waals surface area contributed by atoms with E-state index in [-0.39, 0.29) is 5.82 Å². The number of hydrogen-bond donors (Lipinski definition) is 1. The maximum atomic E-state index is 12.9. The normalized spacial score (nSPS) is 19.2. The smallest absolute Gasteiger partial charge is 0.123 e. The first-order valence-corrected chi connectivity index (χ1v) is 6.30. The second-order valence-corrected chi connectivity index (χ2v) is 4.68. The van der Waals surface area contributed by atoms with Crippen LogP contribution in [0.5, 0.6) is 0 Å². The lowest BCUT2D eigenvalue weighted by Crippen LogP contribution is -2.23. The Kier molecular flexibility index (Phi) is 4.51. The largest absolute Gasteiger partial charge is 0.381 e. The van der Waals surface area contributed by atoms with Crippen LogP contribution in [0, 0.1) is 11.7 Å². The first-order chi connectivity index (χ1) is 8.29. The van der Waals surface area contributed by atoms with Gasteiger partial charge in [-0.05, 0) is 49.9 Å². The van der Waals surface area contributed by atoms with Gasteiger partial charge in [0.25, 0.3) is 0 Å². The van der Waals surface area contributed by atoms with E-state index in [1.165, 1.54) is 17.7 Å². The first kappa shape index (κ1) is 12.5. The molecule has 3 heteroatoms. The summed E-state index contributed by atoms with van der Waals surface area (Å²) in [5, 5.41) is 3.32. The molecule has 0 spiro atoms. The molecule has 17 heavy (non-hydrogen) atoms. The topological polar surface area (TPSA) is 21.3 Å². The standard InChI is InChI=1S/C14H20FNO/c1-16-14(10-11-6-8-17-9-7-11)12-2-4-13(15)5-3-12/h2-5,11,14,16H,6-10H2,1H3. The molecule has 0 saturated carbocycles. The van der Waals surface area contributed by atoms with Crippen molar-refractivity contribution in [1.29, 1.82) is 0 Å². The lowest BCUT2D eigenvalue weighted by Gasteiger charge is -2.26. The van der Waals surface area contributed by atoms with Crippen molar-refractivity contribution in [3.63, 3.8) is 0 Å². The summed E-state index contributed by atoms with van der Waals surface area (Å²) in [7, 11) is 1.97. The van der Waals surface area contributed by atoms with Gasteiger partial charge in [-0.1, -0.05) is 12.1 Å². The van der Waals surface area contributed by atoms with E-state index in [4.69, 9.17) is 4.74 Å². The molecular weight excluding hydrogens is 217 g/mol. The van der Waals surface area contributed by atoms with Gasteiger partial charge in [-0.3, -0.25) is 0 Å². The summed E-state index contributed by atoms with van der Waals surface area (Å²) >= 11 is 0. The van der Waals surface area contributed by atoms with Crippen LogP contribution in [-0.4, -0.2) is 20.3 Å². The number of benzene rings is 1. The highest BCUT2D eigenvalue weighted by atomic mass is 19.1. The Balaban J connectivity index is 1.97. The molecule has 0 amide bonds. The van der Waals surface area contributed by atoms with Crippen molar-refractivity contribution in [1.82, 2.24) is 5.32 Å². The minimum absolute atomic E-state index is 0.172. The van der Waals surface area contributed by atoms with Crippen LogP contribution >= 0.6 is 0 Å². The maximum Gasteiger partial charge on any atom is 0.123 e. The van der Waals surface area contributed by atoms with E-state index in [0.29, 0.717) is 12.0 Å². The van der Waals surface area contributed by atoms with Gasteiger partial charge < -0.3 is 10.1 Å². The van der Waals surface area contributed by atoms with Gasteiger partial charge >= 0.3 is 0 Å². The molecule has 1 heterocycles. The van der Waals surface area contributed by atoms with Crippen molar-refractivity contribution >= 4 is 0 Å². The summed E-state index contributed by atoms with van der Waals surface area (Å²) in [6.45, 7) is 1.76. The van der Waals surface area contributed by atoms with Crippen LogP contribution in [0.15, 0.2) is 24.3 Å². The molecule has 1 aromatic carbocycles. The Labute approximate surface area is 102 Å². The molecule has 1 atom stereocenters. The highest BCUT2D eigenvalue weighted by Crippen LogP contribution is 2.27. The van der Waals surface area contributed by atoms with Crippen LogP contribution in [0.25, 0.3) is 0 Å². The molecule has 1 N–H and O–H groups in total. The van der Waals surface area contributed by atoms with Crippen LogP contribution in [0.2, 0.25) is 0 Å². The molecule has 1 saturated heterocycles. The zero-order valence-corrected chi connectivity index (χ0v) is 10.3. The Hall–Kier alpha value is -0.930. The monoisotopic (exact) mass is 237 g/mol. The minimum atomic E-state index is -0.172. The maximum absolute atomic E-state index is 12.9. The Bertz CT molecular complexity index is 333. The van der Waals surface area contributed by atoms with Crippen molar-refractivity contribution in [2.75, 3.05) is 20.3 Å². The van der Waals surface area contributed by atoms with E-state index in [1.807, 2.05) is 19.2 Å². The molecular formula is C14H20FNO. The van der Waals surface area contributed by atoms with E-state index in [0.717, 1.165) is 32.5 Å². The molecule has 2 rings (SSSR count). The quantitative estimate of drug-likeness (QED) is 0.869. The third-order valence-electron chi connectivity index (χ3n) is 3.53. The van der Waals surface area contributed by atoms with E-state index < -0.39 is 0 Å². The lowest BCUT2D eigenvalue weighted by molar-refractivity contribution is 0.0608. The van der Waals surface area contributed by atoms with Gasteiger partial charge in [-0.2, -0.15) is 0 Å². The Morgan fingerprint density at radius 2 is 1.94 bits per heavy atom. The van der Waals surface area contributed by atoms with Crippen molar-refractivity contribution in [3.8, 4) is 0 Å². The fourth-order valence-corrected chi connectivity index (χ4v) is 2.43. The summed E-state index contributed by atoms with van der Waals surface area (Å²) in [5.41, 5.74) is 1.17. The third-order valence-corrected chi connectivity index (χ3v) is 3.53. The highest BCUT2D eigenvalue weighted by molar-refractivity contribution is 5.19. The van der Waals surface area contributed by atoms with Crippen LogP contribution in [0.1, 0.15) is 30.9 Å². The molecule has 1 aromatic rings. The molecule has 1 aliphatic heterocycles. The number of hydrogen-bond acceptors (Lipinski definition) is 2. The van der Waals surface area contributed by atoms with Crippen LogP contribution < -0.4 is 5.32 Å². The lowest BCUT2D eigenvalue weighted by atomic mass is 9.89. The van der Waals surface area contributed by atoms with Crippen molar-refractivity contribution in [3.05, 3.63) is 35.6 Å². The van der Waals surface area contributed by atoms with Gasteiger partial charge in [0.15, 0.2) is 0 Å². The molecule has 0 bridgehead atoms. The minimum Gasteiger partial charge on any atom is -0.381 e. The number of halogens is 1. The zero-order valence-electron chi connectivity index (χ0n) is 10.3. The molecule has 0 aromatic heterocycles. The average molecular weight is 237 g/mol. The molecule has 0 radical (unpaired) electrons. The van der Waals surface area contributed by atoms with E-state index in [1.54, 1.807) is 0 Å². The van der Waals surface area contributed by atoms with E-state index >= 15 is 0 Å². The fourth-order valence-electron chi connectivity index (χ4n) is 2.43. The van der Waals surface area contributed by atoms with E-state index in [2.05, 4.69) is 5.32 Å². The van der Waals surface area contributed by atoms with Crippen molar-refractivity contribution in [2.45, 2.75) is 25.3 Å². The second-order valence-electron chi connectivity index (χ2n) is 4.68. The van der Waals surface area contributed by atoms with Gasteiger partial charge in [-0.25, -0.2) is 4.39 Å². The summed E-state index contributed by atoms with van der Waals surface area (Å²) in [5.74, 6) is 0.543. The van der Waals surface area contributed by atoms with Gasteiger partial charge in [0, 0.05) is 19.3 Å². The van der Waals surface area contributed by atoms with Crippen LogP contribution in [0.3, 0.4) is 0 Å². The Morgan fingerprint density at radius 1 is 1.29 bits per heavy atom. The molecule has 1 fully saturated rings. The number of nitrogens with one attached hydrogen (secondary N) is 1. The predicted octanol–water partition coefficient (Wildman–Crippen LogP) is 2.90. The molecule has 1 aliphatic rings. The van der Waals surface area contributed by atoms with Gasteiger partial charge in [0.2, 0.25) is 0 Å². The number of ether oxygens (including phenoxy) is 1. The molecule has 1 unspecified atom stereocenters. The number of rotatable bonds is 4. The summed E-state index contributed by atoms with van der Waals surface area (Å²) in [6, 6.07) is 7.12. The van der Waals surface area contributed by atoms with Gasteiger partial charge in [-0.15, -0.1) is 0 Å². The highest BCUT2D eigenvalue weighted by Gasteiger charge is 2.19. The van der Waals surface area contributed by atoms with Gasteiger partial charge in [0.1, 0.15) is 5.82 Å². The van der Waals surface area contributed by atoms with Gasteiger partial charge in [0.05, 0.1) is 0 Å². The summed E-state index contributed by atoms with van der Waals surface area (Å²) in [6.07, 6.45) is 3.38. The SMILES string of the molecule is CNC(CC1CCOCC1)c1ccc(F)cc1. The van der Waals surface area contributed by atoms with Crippen LogP contribution in [-0.2, 0) is 4.74 Å². The zero-order chi connectivity index (χ0) is 12.1. The fraction of sp³-hybridized carbons (Fsp3) is 0.571. The van der Waals surface area contributed by atoms with E-state index in [9.17, 15) is 4.39 Å². The van der Waals surface area contributed by atoms with Crippen LogP contribution in [0.4, 0.5) is 4.39 Å². The molecule has 2 nitrogen and oxygen atoms in total. The molecule has 94 valence electrons. The third kappa shape index (κ3) is 3.51. The van der Waals surface area contributed by atoms with Crippen molar-refractivity contribution in [2.24, 2.45) is 5.92 Å². The molecule has 0 aliphatic carbocycles. The summed E-state index contributed by atoms with van der Waals surface area (Å²) in [4.78, 5) is 0. The first-order valence-electron chi connectivity index (χ1n) is 6.30. The van der Waals surface area contributed by atoms with Crippen molar-refractivity contribution < 1.29 is 9.13 Å². The Morgan fingerprint density at radius 3 is 2.53 bits per heavy atom. The second kappa shape index (κ2) is 6.12. The predicted molar refractivity (Wildman–Crippen MR) is 66.4 cm³/mol.